The van der Waals surface area contributed by atoms with Crippen LogP contribution in [0.2, 0.25) is 0 Å². The Morgan fingerprint density at radius 2 is 2.14 bits per heavy atom. The van der Waals surface area contributed by atoms with Crippen molar-refractivity contribution in [3.05, 3.63) is 17.3 Å². The summed E-state index contributed by atoms with van der Waals surface area (Å²) in [6.45, 7) is 3.88. The van der Waals surface area contributed by atoms with Crippen molar-refractivity contribution in [3.8, 4) is 0 Å². The number of hydrogen-bond acceptors (Lipinski definition) is 5. The minimum atomic E-state index is -4.19. The average molecular weight is 328 g/mol. The molecule has 0 atom stereocenters. The molecule has 0 saturated carbocycles. The minimum Gasteiger partial charge on any atom is -0.355 e. The van der Waals surface area contributed by atoms with E-state index in [0.29, 0.717) is 15.1 Å². The molecule has 0 aliphatic carbocycles. The Hall–Kier alpha value is -1.41. The van der Waals surface area contributed by atoms with Gasteiger partial charge in [-0.15, -0.1) is 11.3 Å². The number of anilines is 1. The fourth-order valence-electron chi connectivity index (χ4n) is 3.41. The lowest BCUT2D eigenvalue weighted by atomic mass is 9.79. The van der Waals surface area contributed by atoms with Crippen LogP contribution in [-0.2, 0) is 6.42 Å². The summed E-state index contributed by atoms with van der Waals surface area (Å²) >= 11 is 1.10. The first kappa shape index (κ1) is 14.2. The van der Waals surface area contributed by atoms with E-state index in [-0.39, 0.29) is 0 Å². The average Bonchev–Trinajstić information content (AvgIpc) is 2.99. The van der Waals surface area contributed by atoms with Gasteiger partial charge >= 0.3 is 6.18 Å². The van der Waals surface area contributed by atoms with Crippen LogP contribution in [0.3, 0.4) is 0 Å². The molecule has 2 aromatic heterocycles. The summed E-state index contributed by atoms with van der Waals surface area (Å²) in [5, 5.41) is 4.11. The quantitative estimate of drug-likeness (QED) is 0.920. The monoisotopic (exact) mass is 328 g/mol. The van der Waals surface area contributed by atoms with E-state index in [4.69, 9.17) is 0 Å². The van der Waals surface area contributed by atoms with Gasteiger partial charge in [-0.05, 0) is 19.0 Å². The molecule has 2 fully saturated rings. The number of alkyl halides is 3. The van der Waals surface area contributed by atoms with Gasteiger partial charge in [-0.1, -0.05) is 0 Å². The first-order valence-electron chi connectivity index (χ1n) is 7.20. The van der Waals surface area contributed by atoms with Crippen LogP contribution in [0.25, 0.3) is 10.2 Å². The van der Waals surface area contributed by atoms with Gasteiger partial charge in [0.2, 0.25) is 0 Å². The largest absolute Gasteiger partial charge is 0.393 e. The lowest BCUT2D eigenvalue weighted by Crippen LogP contribution is -2.57. The van der Waals surface area contributed by atoms with E-state index >= 15 is 0 Å². The van der Waals surface area contributed by atoms with Gasteiger partial charge in [-0.2, -0.15) is 13.2 Å². The van der Waals surface area contributed by atoms with Crippen LogP contribution >= 0.6 is 11.3 Å². The first-order chi connectivity index (χ1) is 10.4. The Labute approximate surface area is 129 Å². The third-order valence-corrected chi connectivity index (χ3v) is 5.46. The maximum absolute atomic E-state index is 12.6. The van der Waals surface area contributed by atoms with E-state index in [2.05, 4.69) is 20.2 Å². The van der Waals surface area contributed by atoms with Gasteiger partial charge in [-0.3, -0.25) is 0 Å². The summed E-state index contributed by atoms with van der Waals surface area (Å²) in [4.78, 5) is 11.5. The van der Waals surface area contributed by atoms with E-state index in [1.807, 2.05) is 0 Å². The summed E-state index contributed by atoms with van der Waals surface area (Å²) in [6.07, 6.45) is -2.49. The van der Waals surface area contributed by atoms with Crippen molar-refractivity contribution in [1.82, 2.24) is 15.3 Å². The van der Waals surface area contributed by atoms with Gasteiger partial charge in [-0.25, -0.2) is 9.97 Å². The second-order valence-corrected chi connectivity index (χ2v) is 7.32. The number of hydrogen-bond donors (Lipinski definition) is 1. The summed E-state index contributed by atoms with van der Waals surface area (Å²) in [7, 11) is 0. The molecule has 2 aromatic rings. The van der Waals surface area contributed by atoms with E-state index in [0.717, 1.165) is 55.1 Å². The van der Waals surface area contributed by atoms with Crippen LogP contribution in [-0.4, -0.2) is 42.3 Å². The molecule has 4 heterocycles. The smallest absolute Gasteiger partial charge is 0.355 e. The third kappa shape index (κ3) is 2.44. The number of aromatic nitrogens is 2. The van der Waals surface area contributed by atoms with Crippen molar-refractivity contribution in [2.75, 3.05) is 31.1 Å². The van der Waals surface area contributed by atoms with Gasteiger partial charge < -0.3 is 10.2 Å². The molecule has 0 unspecified atom stereocenters. The standard InChI is InChI=1S/C14H15F3N4S/c15-14(16,17)4-9-3-10-11(19-8-20-12(10)22-9)21-6-13(7-21)1-2-18-5-13/h3,8,18H,1-2,4-7H2. The highest BCUT2D eigenvalue weighted by atomic mass is 32.1. The summed E-state index contributed by atoms with van der Waals surface area (Å²) < 4.78 is 37.7. The number of fused-ring (bicyclic) bond motifs is 1. The van der Waals surface area contributed by atoms with Crippen molar-refractivity contribution in [2.45, 2.75) is 19.0 Å². The molecule has 0 bridgehead atoms. The van der Waals surface area contributed by atoms with Crippen LogP contribution in [0.1, 0.15) is 11.3 Å². The molecule has 22 heavy (non-hydrogen) atoms. The Morgan fingerprint density at radius 3 is 2.82 bits per heavy atom. The zero-order valence-corrected chi connectivity index (χ0v) is 12.6. The van der Waals surface area contributed by atoms with Crippen LogP contribution in [0, 0.1) is 5.41 Å². The van der Waals surface area contributed by atoms with Crippen molar-refractivity contribution in [2.24, 2.45) is 5.41 Å². The lowest BCUT2D eigenvalue weighted by Gasteiger charge is -2.48. The Kier molecular flexibility index (Phi) is 3.09. The van der Waals surface area contributed by atoms with Crippen molar-refractivity contribution >= 4 is 27.4 Å². The van der Waals surface area contributed by atoms with Gasteiger partial charge in [0, 0.05) is 29.9 Å². The van der Waals surface area contributed by atoms with E-state index in [9.17, 15) is 13.2 Å². The van der Waals surface area contributed by atoms with Crippen molar-refractivity contribution < 1.29 is 13.2 Å². The van der Waals surface area contributed by atoms with Crippen molar-refractivity contribution in [1.29, 1.82) is 0 Å². The molecule has 4 nitrogen and oxygen atoms in total. The van der Waals surface area contributed by atoms with Crippen LogP contribution in [0.4, 0.5) is 19.0 Å². The number of nitrogens with one attached hydrogen (secondary N) is 1. The van der Waals surface area contributed by atoms with Crippen LogP contribution in [0.15, 0.2) is 12.4 Å². The Morgan fingerprint density at radius 1 is 1.32 bits per heavy atom. The highest BCUT2D eigenvalue weighted by molar-refractivity contribution is 7.18. The topological polar surface area (TPSA) is 41.0 Å². The summed E-state index contributed by atoms with van der Waals surface area (Å²) in [5.41, 5.74) is 0.322. The number of halogens is 3. The fourth-order valence-corrected chi connectivity index (χ4v) is 4.43. The molecule has 2 aliphatic rings. The second kappa shape index (κ2) is 4.79. The van der Waals surface area contributed by atoms with E-state index < -0.39 is 12.6 Å². The number of rotatable bonds is 2. The van der Waals surface area contributed by atoms with Crippen LogP contribution in [0.5, 0.6) is 0 Å². The molecule has 2 aliphatic heterocycles. The molecule has 4 rings (SSSR count). The fraction of sp³-hybridized carbons (Fsp3) is 0.571. The molecule has 0 aromatic carbocycles. The van der Waals surface area contributed by atoms with Gasteiger partial charge in [0.15, 0.2) is 0 Å². The molecular weight excluding hydrogens is 313 g/mol. The Balaban J connectivity index is 1.61. The SMILES string of the molecule is FC(F)(F)Cc1cc2c(N3CC4(CCNC4)C3)ncnc2s1. The van der Waals surface area contributed by atoms with E-state index in [1.54, 1.807) is 6.07 Å². The van der Waals surface area contributed by atoms with Gasteiger partial charge in [0.1, 0.15) is 17.0 Å². The molecular formula is C14H15F3N4S. The number of nitrogens with zero attached hydrogens (tertiary/aromatic N) is 3. The molecule has 118 valence electrons. The summed E-state index contributed by atoms with van der Waals surface area (Å²) in [6, 6.07) is 1.60. The zero-order valence-electron chi connectivity index (χ0n) is 11.8. The predicted molar refractivity (Wildman–Crippen MR) is 79.3 cm³/mol. The van der Waals surface area contributed by atoms with Crippen LogP contribution < -0.4 is 10.2 Å². The highest BCUT2D eigenvalue weighted by Crippen LogP contribution is 2.41. The predicted octanol–water partition coefficient (Wildman–Crippen LogP) is 2.60. The molecule has 2 saturated heterocycles. The molecule has 0 radical (unpaired) electrons. The Bertz CT molecular complexity index is 698. The summed E-state index contributed by atoms with van der Waals surface area (Å²) in [5.74, 6) is 0.771. The van der Waals surface area contributed by atoms with E-state index in [1.165, 1.54) is 6.33 Å². The molecule has 1 spiro atoms. The maximum atomic E-state index is 12.6. The molecule has 1 N–H and O–H groups in total. The first-order valence-corrected chi connectivity index (χ1v) is 8.02. The lowest BCUT2D eigenvalue weighted by molar-refractivity contribution is -0.126. The minimum absolute atomic E-state index is 0.294. The molecule has 0 amide bonds. The third-order valence-electron chi connectivity index (χ3n) is 4.42. The zero-order chi connectivity index (χ0) is 15.4. The second-order valence-electron chi connectivity index (χ2n) is 6.20. The highest BCUT2D eigenvalue weighted by Gasteiger charge is 2.45. The van der Waals surface area contributed by atoms with Gasteiger partial charge in [0.05, 0.1) is 11.8 Å². The maximum Gasteiger partial charge on any atom is 0.393 e. The van der Waals surface area contributed by atoms with Gasteiger partial charge in [0.25, 0.3) is 0 Å². The molecule has 8 heteroatoms. The normalized spacial score (nSPS) is 20.8. The van der Waals surface area contributed by atoms with Crippen molar-refractivity contribution in [3.63, 3.8) is 0 Å². The number of thiophene rings is 1.